The van der Waals surface area contributed by atoms with Crippen molar-refractivity contribution in [1.82, 2.24) is 5.32 Å². The maximum absolute atomic E-state index is 11.8. The molecule has 2 heterocycles. The minimum absolute atomic E-state index is 0.0934. The minimum Gasteiger partial charge on any atom is -0.460 e. The highest BCUT2D eigenvalue weighted by molar-refractivity contribution is 5.70. The van der Waals surface area contributed by atoms with Crippen molar-refractivity contribution in [3.05, 3.63) is 0 Å². The summed E-state index contributed by atoms with van der Waals surface area (Å²) < 4.78 is 10.8. The van der Waals surface area contributed by atoms with Gasteiger partial charge >= 0.3 is 5.97 Å². The Bertz CT molecular complexity index is 303. The Morgan fingerprint density at radius 1 is 1.39 bits per heavy atom. The van der Waals surface area contributed by atoms with Crippen LogP contribution in [-0.4, -0.2) is 37.4 Å². The van der Waals surface area contributed by atoms with Gasteiger partial charge in [0.05, 0.1) is 6.42 Å². The van der Waals surface area contributed by atoms with Gasteiger partial charge in [-0.2, -0.15) is 0 Å². The molecule has 0 aliphatic carbocycles. The van der Waals surface area contributed by atoms with E-state index in [4.69, 9.17) is 9.47 Å². The van der Waals surface area contributed by atoms with Crippen LogP contribution in [0.1, 0.15) is 46.5 Å². The zero-order valence-electron chi connectivity index (χ0n) is 11.8. The van der Waals surface area contributed by atoms with E-state index in [1.165, 1.54) is 0 Å². The molecular weight excluding hydrogens is 230 g/mol. The average Bonchev–Trinajstić information content (AvgIpc) is 2.59. The van der Waals surface area contributed by atoms with Crippen molar-refractivity contribution in [2.45, 2.75) is 58.1 Å². The summed E-state index contributed by atoms with van der Waals surface area (Å²) in [7, 11) is 0. The Balaban J connectivity index is 1.80. The predicted octanol–water partition coefficient (Wildman–Crippen LogP) is 1.88. The predicted molar refractivity (Wildman–Crippen MR) is 69.4 cm³/mol. The molecule has 2 fully saturated rings. The molecule has 4 heteroatoms. The molecule has 0 saturated carbocycles. The second-order valence-corrected chi connectivity index (χ2v) is 6.68. The lowest BCUT2D eigenvalue weighted by atomic mass is 9.78. The van der Waals surface area contributed by atoms with Crippen LogP contribution in [-0.2, 0) is 14.3 Å². The number of hydrogen-bond donors (Lipinski definition) is 1. The highest BCUT2D eigenvalue weighted by atomic mass is 16.6. The van der Waals surface area contributed by atoms with E-state index in [1.54, 1.807) is 0 Å². The van der Waals surface area contributed by atoms with Crippen LogP contribution in [0.4, 0.5) is 0 Å². The van der Waals surface area contributed by atoms with Gasteiger partial charge in [0, 0.05) is 25.8 Å². The molecule has 0 radical (unpaired) electrons. The fourth-order valence-electron chi connectivity index (χ4n) is 2.94. The fraction of sp³-hybridized carbons (Fsp3) is 0.929. The molecule has 1 unspecified atom stereocenters. The Morgan fingerprint density at radius 2 is 2.06 bits per heavy atom. The Morgan fingerprint density at radius 3 is 2.67 bits per heavy atom. The third-order valence-electron chi connectivity index (χ3n) is 3.83. The summed E-state index contributed by atoms with van der Waals surface area (Å²) in [6.45, 7) is 8.47. The molecule has 0 aromatic heterocycles. The standard InChI is InChI=1S/C14H25NO3/c1-13(2,3)18-12(16)8-11-9-14(10-15-11)4-6-17-7-5-14/h11,15H,4-10H2,1-3H3. The number of carbonyl (C=O) groups is 1. The van der Waals surface area contributed by atoms with Crippen molar-refractivity contribution in [1.29, 1.82) is 0 Å². The van der Waals surface area contributed by atoms with Crippen LogP contribution in [0.25, 0.3) is 0 Å². The van der Waals surface area contributed by atoms with Crippen LogP contribution >= 0.6 is 0 Å². The lowest BCUT2D eigenvalue weighted by molar-refractivity contribution is -0.155. The molecule has 2 rings (SSSR count). The summed E-state index contributed by atoms with van der Waals surface area (Å²) in [6.07, 6.45) is 3.80. The molecule has 0 amide bonds. The Kier molecular flexibility index (Phi) is 3.97. The van der Waals surface area contributed by atoms with Gasteiger partial charge in [0.1, 0.15) is 5.60 Å². The third-order valence-corrected chi connectivity index (χ3v) is 3.83. The van der Waals surface area contributed by atoms with E-state index in [-0.39, 0.29) is 17.6 Å². The quantitative estimate of drug-likeness (QED) is 0.765. The molecule has 2 aliphatic rings. The summed E-state index contributed by atoms with van der Waals surface area (Å²) in [4.78, 5) is 11.8. The van der Waals surface area contributed by atoms with E-state index < -0.39 is 0 Å². The lowest BCUT2D eigenvalue weighted by Crippen LogP contribution is -2.31. The van der Waals surface area contributed by atoms with Gasteiger partial charge in [-0.1, -0.05) is 0 Å². The molecule has 4 nitrogen and oxygen atoms in total. The van der Waals surface area contributed by atoms with Crippen molar-refractivity contribution in [3.63, 3.8) is 0 Å². The number of hydrogen-bond acceptors (Lipinski definition) is 4. The van der Waals surface area contributed by atoms with Crippen LogP contribution in [0.3, 0.4) is 0 Å². The summed E-state index contributed by atoms with van der Waals surface area (Å²) >= 11 is 0. The smallest absolute Gasteiger partial charge is 0.307 e. The van der Waals surface area contributed by atoms with E-state index in [0.29, 0.717) is 11.8 Å². The van der Waals surface area contributed by atoms with Crippen LogP contribution in [0.15, 0.2) is 0 Å². The van der Waals surface area contributed by atoms with Crippen molar-refractivity contribution >= 4 is 5.97 Å². The first-order valence-electron chi connectivity index (χ1n) is 6.92. The third kappa shape index (κ3) is 3.69. The SMILES string of the molecule is CC(C)(C)OC(=O)CC1CC2(CCOCC2)CN1. The van der Waals surface area contributed by atoms with Crippen molar-refractivity contribution in [3.8, 4) is 0 Å². The van der Waals surface area contributed by atoms with Gasteiger partial charge in [-0.3, -0.25) is 4.79 Å². The molecule has 0 bridgehead atoms. The first-order valence-corrected chi connectivity index (χ1v) is 6.92. The molecule has 0 aromatic carbocycles. The second kappa shape index (κ2) is 5.17. The van der Waals surface area contributed by atoms with Crippen LogP contribution < -0.4 is 5.32 Å². The van der Waals surface area contributed by atoms with E-state index in [2.05, 4.69) is 5.32 Å². The number of esters is 1. The summed E-state index contributed by atoms with van der Waals surface area (Å²) in [5, 5.41) is 3.48. The molecule has 0 aromatic rings. The molecule has 1 N–H and O–H groups in total. The largest absolute Gasteiger partial charge is 0.460 e. The monoisotopic (exact) mass is 255 g/mol. The van der Waals surface area contributed by atoms with Gasteiger partial charge in [-0.25, -0.2) is 0 Å². The molecule has 1 atom stereocenters. The van der Waals surface area contributed by atoms with Gasteiger partial charge in [0.25, 0.3) is 0 Å². The second-order valence-electron chi connectivity index (χ2n) is 6.68. The van der Waals surface area contributed by atoms with Gasteiger partial charge in [-0.05, 0) is 45.4 Å². The Labute approximate surface area is 109 Å². The van der Waals surface area contributed by atoms with Gasteiger partial charge in [-0.15, -0.1) is 0 Å². The fourth-order valence-corrected chi connectivity index (χ4v) is 2.94. The lowest BCUT2D eigenvalue weighted by Gasteiger charge is -2.32. The Hall–Kier alpha value is -0.610. The van der Waals surface area contributed by atoms with E-state index in [0.717, 1.165) is 39.0 Å². The van der Waals surface area contributed by atoms with Crippen LogP contribution in [0, 0.1) is 5.41 Å². The molecular formula is C14H25NO3. The van der Waals surface area contributed by atoms with Gasteiger partial charge in [0.15, 0.2) is 0 Å². The summed E-state index contributed by atoms with van der Waals surface area (Å²) in [5.74, 6) is -0.0934. The highest BCUT2D eigenvalue weighted by Gasteiger charge is 2.40. The molecule has 104 valence electrons. The highest BCUT2D eigenvalue weighted by Crippen LogP contribution is 2.39. The van der Waals surface area contributed by atoms with Gasteiger partial charge < -0.3 is 14.8 Å². The van der Waals surface area contributed by atoms with Crippen molar-refractivity contribution < 1.29 is 14.3 Å². The molecule has 2 saturated heterocycles. The topological polar surface area (TPSA) is 47.6 Å². The zero-order valence-corrected chi connectivity index (χ0v) is 11.8. The first-order chi connectivity index (χ1) is 8.39. The van der Waals surface area contributed by atoms with Gasteiger partial charge in [0.2, 0.25) is 0 Å². The summed E-state index contributed by atoms with van der Waals surface area (Å²) in [6, 6.07) is 0.276. The maximum atomic E-state index is 11.8. The van der Waals surface area contributed by atoms with Crippen molar-refractivity contribution in [2.75, 3.05) is 19.8 Å². The zero-order chi connectivity index (χ0) is 13.2. The molecule has 1 spiro atoms. The number of ether oxygens (including phenoxy) is 2. The first kappa shape index (κ1) is 13.8. The number of carbonyl (C=O) groups excluding carboxylic acids is 1. The van der Waals surface area contributed by atoms with Crippen LogP contribution in [0.5, 0.6) is 0 Å². The minimum atomic E-state index is -0.383. The number of nitrogens with one attached hydrogen (secondary N) is 1. The maximum Gasteiger partial charge on any atom is 0.307 e. The van der Waals surface area contributed by atoms with Crippen LogP contribution in [0.2, 0.25) is 0 Å². The number of rotatable bonds is 2. The van der Waals surface area contributed by atoms with Crippen molar-refractivity contribution in [2.24, 2.45) is 5.41 Å². The molecule has 18 heavy (non-hydrogen) atoms. The van der Waals surface area contributed by atoms with E-state index >= 15 is 0 Å². The van der Waals surface area contributed by atoms with E-state index in [1.807, 2.05) is 20.8 Å². The molecule has 2 aliphatic heterocycles. The van der Waals surface area contributed by atoms with E-state index in [9.17, 15) is 4.79 Å². The average molecular weight is 255 g/mol. The summed E-state index contributed by atoms with van der Waals surface area (Å²) in [5.41, 5.74) is -0.0169. The normalized spacial score (nSPS) is 27.4.